The Hall–Kier alpha value is -2.70. The normalized spacial score (nSPS) is 16.6. The molecule has 4 heterocycles. The molecule has 0 spiro atoms. The van der Waals surface area contributed by atoms with E-state index in [1.54, 1.807) is 7.11 Å². The highest BCUT2D eigenvalue weighted by Gasteiger charge is 2.21. The van der Waals surface area contributed by atoms with E-state index in [0.29, 0.717) is 10.8 Å². The zero-order valence-corrected chi connectivity index (χ0v) is 18.4. The predicted molar refractivity (Wildman–Crippen MR) is 121 cm³/mol. The van der Waals surface area contributed by atoms with E-state index in [1.807, 2.05) is 36.5 Å². The Balaban J connectivity index is 1.26. The van der Waals surface area contributed by atoms with Crippen molar-refractivity contribution >= 4 is 17.3 Å². The number of furan rings is 1. The Labute approximate surface area is 186 Å². The van der Waals surface area contributed by atoms with Crippen molar-refractivity contribution in [3.05, 3.63) is 64.4 Å². The number of hydrogen-bond donors (Lipinski definition) is 0. The number of nitrogens with zero attached hydrogens (tertiary/aromatic N) is 4. The van der Waals surface area contributed by atoms with Crippen molar-refractivity contribution in [3.63, 3.8) is 0 Å². The van der Waals surface area contributed by atoms with Gasteiger partial charge in [0.05, 0.1) is 30.1 Å². The van der Waals surface area contributed by atoms with Crippen molar-refractivity contribution in [2.75, 3.05) is 20.2 Å². The number of hydrogen-bond acceptors (Lipinski definition) is 6. The lowest BCUT2D eigenvalue weighted by Crippen LogP contribution is -2.31. The topological polar surface area (TPSA) is 63.8 Å². The van der Waals surface area contributed by atoms with Crippen molar-refractivity contribution in [1.82, 2.24) is 14.9 Å². The summed E-state index contributed by atoms with van der Waals surface area (Å²) in [5, 5.41) is 0.573. The van der Waals surface area contributed by atoms with Crippen LogP contribution in [0.4, 0.5) is 0 Å². The Kier molecular flexibility index (Phi) is 5.74. The van der Waals surface area contributed by atoms with Gasteiger partial charge in [-0.15, -0.1) is 0 Å². The molecule has 160 valence electrons. The zero-order chi connectivity index (χ0) is 21.2. The average molecular weight is 437 g/mol. The fraction of sp³-hybridized carbons (Fsp3) is 0.375. The number of methoxy groups -OCH3 is 1. The van der Waals surface area contributed by atoms with Crippen LogP contribution in [0.2, 0.25) is 5.02 Å². The number of ether oxygens (including phenoxy) is 1. The molecule has 31 heavy (non-hydrogen) atoms. The summed E-state index contributed by atoms with van der Waals surface area (Å²) in [6, 6.07) is 9.70. The summed E-state index contributed by atoms with van der Waals surface area (Å²) < 4.78 is 11.3. The molecule has 7 heteroatoms. The molecule has 0 aliphatic carbocycles. The second-order valence-corrected chi connectivity index (χ2v) is 8.43. The lowest BCUT2D eigenvalue weighted by atomic mass is 10.1. The standard InChI is InChI=1S/C24H25ClN4O2/c1-30-23-7-5-16(12-19(23)25)22-8-6-18(31-22)15-29-11-9-20-17(14-29)13-27-24(28-20)21-4-2-3-10-26-21/h5-8,12-13H,2-4,9-11,14-15H2,1H3. The quantitative estimate of drug-likeness (QED) is 0.567. The molecule has 2 aliphatic heterocycles. The Morgan fingerprint density at radius 1 is 1.16 bits per heavy atom. The minimum atomic E-state index is 0.573. The van der Waals surface area contributed by atoms with Gasteiger partial charge in [-0.3, -0.25) is 9.89 Å². The molecular formula is C24H25ClN4O2. The molecule has 0 saturated carbocycles. The van der Waals surface area contributed by atoms with Crippen LogP contribution in [0.1, 0.15) is 42.1 Å². The van der Waals surface area contributed by atoms with Crippen molar-refractivity contribution in [2.24, 2.45) is 4.99 Å². The van der Waals surface area contributed by atoms with Gasteiger partial charge in [0.1, 0.15) is 17.3 Å². The molecule has 1 aromatic carbocycles. The molecule has 0 amide bonds. The molecule has 0 radical (unpaired) electrons. The highest BCUT2D eigenvalue weighted by molar-refractivity contribution is 6.32. The average Bonchev–Trinajstić information content (AvgIpc) is 3.27. The lowest BCUT2D eigenvalue weighted by Gasteiger charge is -2.27. The van der Waals surface area contributed by atoms with Crippen molar-refractivity contribution in [2.45, 2.75) is 38.8 Å². The maximum atomic E-state index is 6.26. The number of benzene rings is 1. The van der Waals surface area contributed by atoms with E-state index >= 15 is 0 Å². The van der Waals surface area contributed by atoms with Gasteiger partial charge in [0.15, 0.2) is 5.82 Å². The zero-order valence-electron chi connectivity index (χ0n) is 17.6. The fourth-order valence-corrected chi connectivity index (χ4v) is 4.44. The lowest BCUT2D eigenvalue weighted by molar-refractivity contribution is 0.224. The molecule has 2 aliphatic rings. The van der Waals surface area contributed by atoms with Gasteiger partial charge >= 0.3 is 0 Å². The predicted octanol–water partition coefficient (Wildman–Crippen LogP) is 4.93. The largest absolute Gasteiger partial charge is 0.495 e. The van der Waals surface area contributed by atoms with Gasteiger partial charge in [-0.05, 0) is 49.6 Å². The number of fused-ring (bicyclic) bond motifs is 1. The second-order valence-electron chi connectivity index (χ2n) is 8.03. The SMILES string of the molecule is COc1ccc(-c2ccc(CN3CCc4nc(C5=NCCCC5)ncc4C3)o2)cc1Cl. The van der Waals surface area contributed by atoms with Crippen molar-refractivity contribution in [1.29, 1.82) is 0 Å². The highest BCUT2D eigenvalue weighted by atomic mass is 35.5. The summed E-state index contributed by atoms with van der Waals surface area (Å²) in [6.45, 7) is 3.42. The van der Waals surface area contributed by atoms with Gasteiger partial charge < -0.3 is 9.15 Å². The van der Waals surface area contributed by atoms with Crippen LogP contribution in [-0.4, -0.2) is 40.8 Å². The third-order valence-corrected chi connectivity index (χ3v) is 6.17. The molecule has 0 atom stereocenters. The van der Waals surface area contributed by atoms with E-state index in [1.165, 1.54) is 18.4 Å². The smallest absolute Gasteiger partial charge is 0.173 e. The van der Waals surface area contributed by atoms with Gasteiger partial charge in [0.2, 0.25) is 0 Å². The van der Waals surface area contributed by atoms with Crippen molar-refractivity contribution < 1.29 is 9.15 Å². The minimum absolute atomic E-state index is 0.573. The monoisotopic (exact) mass is 436 g/mol. The van der Waals surface area contributed by atoms with E-state index in [9.17, 15) is 0 Å². The van der Waals surface area contributed by atoms with Crippen LogP contribution >= 0.6 is 11.6 Å². The molecule has 0 bridgehead atoms. The van der Waals surface area contributed by atoms with Crippen LogP contribution in [-0.2, 0) is 19.5 Å². The highest BCUT2D eigenvalue weighted by Crippen LogP contribution is 2.31. The molecule has 0 unspecified atom stereocenters. The molecule has 2 aromatic heterocycles. The molecule has 3 aromatic rings. The van der Waals surface area contributed by atoms with Gasteiger partial charge in [-0.2, -0.15) is 0 Å². The Morgan fingerprint density at radius 2 is 2.10 bits per heavy atom. The summed E-state index contributed by atoms with van der Waals surface area (Å²) in [5.41, 5.74) is 4.36. The van der Waals surface area contributed by atoms with E-state index in [-0.39, 0.29) is 0 Å². The first-order chi connectivity index (χ1) is 15.2. The molecular weight excluding hydrogens is 412 g/mol. The first-order valence-electron chi connectivity index (χ1n) is 10.7. The van der Waals surface area contributed by atoms with E-state index in [4.69, 9.17) is 25.7 Å². The molecule has 0 N–H and O–H groups in total. The van der Waals surface area contributed by atoms with Gasteiger partial charge in [0.25, 0.3) is 0 Å². The molecule has 0 saturated heterocycles. The van der Waals surface area contributed by atoms with Crippen LogP contribution in [0.3, 0.4) is 0 Å². The van der Waals surface area contributed by atoms with E-state index in [0.717, 1.165) is 73.3 Å². The number of halogens is 1. The van der Waals surface area contributed by atoms with Crippen LogP contribution in [0, 0.1) is 0 Å². The maximum absolute atomic E-state index is 6.26. The third-order valence-electron chi connectivity index (χ3n) is 5.87. The first kappa shape index (κ1) is 20.2. The minimum Gasteiger partial charge on any atom is -0.495 e. The maximum Gasteiger partial charge on any atom is 0.173 e. The first-order valence-corrected chi connectivity index (χ1v) is 11.1. The summed E-state index contributed by atoms with van der Waals surface area (Å²) in [6.07, 6.45) is 6.24. The summed E-state index contributed by atoms with van der Waals surface area (Å²) in [7, 11) is 1.61. The molecule has 5 rings (SSSR count). The van der Waals surface area contributed by atoms with Crippen molar-refractivity contribution in [3.8, 4) is 17.1 Å². The number of aliphatic imine (C=N–C) groups is 1. The summed E-state index contributed by atoms with van der Waals surface area (Å²) >= 11 is 6.26. The number of rotatable bonds is 5. The van der Waals surface area contributed by atoms with Crippen LogP contribution in [0.25, 0.3) is 11.3 Å². The Bertz CT molecular complexity index is 1120. The van der Waals surface area contributed by atoms with Crippen LogP contribution in [0.15, 0.2) is 45.9 Å². The summed E-state index contributed by atoms with van der Waals surface area (Å²) in [4.78, 5) is 16.4. The van der Waals surface area contributed by atoms with E-state index < -0.39 is 0 Å². The van der Waals surface area contributed by atoms with Crippen LogP contribution in [0.5, 0.6) is 5.75 Å². The summed E-state index contributed by atoms with van der Waals surface area (Å²) in [5.74, 6) is 3.21. The van der Waals surface area contributed by atoms with Gasteiger partial charge in [-0.1, -0.05) is 11.6 Å². The molecule has 6 nitrogen and oxygen atoms in total. The van der Waals surface area contributed by atoms with Gasteiger partial charge in [-0.25, -0.2) is 9.97 Å². The number of aromatic nitrogens is 2. The second kappa shape index (κ2) is 8.81. The Morgan fingerprint density at radius 3 is 2.90 bits per heavy atom. The molecule has 0 fully saturated rings. The fourth-order valence-electron chi connectivity index (χ4n) is 4.19. The third kappa shape index (κ3) is 4.36. The van der Waals surface area contributed by atoms with E-state index in [2.05, 4.69) is 14.9 Å². The van der Waals surface area contributed by atoms with Gasteiger partial charge in [0, 0.05) is 43.4 Å². The van der Waals surface area contributed by atoms with Crippen LogP contribution < -0.4 is 4.74 Å².